The number of sulfone groups is 1. The van der Waals surface area contributed by atoms with Crippen LogP contribution in [-0.4, -0.2) is 37.9 Å². The minimum Gasteiger partial charge on any atom is -0.481 e. The maximum atomic E-state index is 12.5. The highest BCUT2D eigenvalue weighted by atomic mass is 32.2. The molecule has 0 aliphatic carbocycles. The number of hydrogen-bond donors (Lipinski definition) is 2. The molecule has 2 amide bonds. The van der Waals surface area contributed by atoms with Gasteiger partial charge in [-0.25, -0.2) is 8.42 Å². The van der Waals surface area contributed by atoms with E-state index in [1.165, 1.54) is 19.1 Å². The normalized spacial score (nSPS) is 11.8. The van der Waals surface area contributed by atoms with Crippen LogP contribution in [0.4, 0.5) is 0 Å². The van der Waals surface area contributed by atoms with E-state index in [2.05, 4.69) is 10.9 Å². The average Bonchev–Trinajstić information content (AvgIpc) is 2.87. The van der Waals surface area contributed by atoms with Gasteiger partial charge in [0.2, 0.25) is 5.91 Å². The lowest BCUT2D eigenvalue weighted by molar-refractivity contribution is -0.132. The molecule has 8 nitrogen and oxygen atoms in total. The van der Waals surface area contributed by atoms with Crippen LogP contribution in [0.1, 0.15) is 29.3 Å². The van der Waals surface area contributed by atoms with Gasteiger partial charge in [0.05, 0.1) is 10.6 Å². The molecule has 0 radical (unpaired) electrons. The summed E-state index contributed by atoms with van der Waals surface area (Å²) in [6, 6.07) is 23.0. The minimum absolute atomic E-state index is 0.130. The summed E-state index contributed by atoms with van der Waals surface area (Å²) in [6.07, 6.45) is -1.27. The van der Waals surface area contributed by atoms with E-state index in [0.29, 0.717) is 16.9 Å². The molecule has 0 unspecified atom stereocenters. The number of nitrogens with one attached hydrogen (secondary N) is 2. The Kier molecular flexibility index (Phi) is 8.15. The van der Waals surface area contributed by atoms with Crippen molar-refractivity contribution in [2.75, 3.05) is 5.75 Å². The average molecular weight is 481 g/mol. The van der Waals surface area contributed by atoms with Crippen molar-refractivity contribution in [1.82, 2.24) is 10.9 Å². The van der Waals surface area contributed by atoms with E-state index in [1.807, 2.05) is 6.07 Å². The SMILES string of the molecule is C[C@@H](Oc1ccc(C(=O)c2ccccc2)cc1)C(=O)NNC(=O)CCS(=O)(=O)c1ccccc1. The van der Waals surface area contributed by atoms with Gasteiger partial charge < -0.3 is 4.74 Å². The van der Waals surface area contributed by atoms with Gasteiger partial charge in [-0.05, 0) is 43.3 Å². The summed E-state index contributed by atoms with van der Waals surface area (Å²) < 4.78 is 30.0. The fraction of sp³-hybridized carbons (Fsp3) is 0.160. The molecule has 0 fully saturated rings. The summed E-state index contributed by atoms with van der Waals surface area (Å²) in [5.41, 5.74) is 5.45. The molecule has 2 N–H and O–H groups in total. The van der Waals surface area contributed by atoms with E-state index in [9.17, 15) is 22.8 Å². The minimum atomic E-state index is -3.60. The van der Waals surface area contributed by atoms with E-state index in [4.69, 9.17) is 4.74 Å². The number of amides is 2. The number of hydrazine groups is 1. The number of hydrogen-bond acceptors (Lipinski definition) is 6. The van der Waals surface area contributed by atoms with E-state index in [-0.39, 0.29) is 17.1 Å². The largest absolute Gasteiger partial charge is 0.481 e. The molecule has 0 aliphatic rings. The van der Waals surface area contributed by atoms with Gasteiger partial charge in [-0.3, -0.25) is 25.2 Å². The fourth-order valence-electron chi connectivity index (χ4n) is 2.97. The number of rotatable bonds is 9. The molecule has 0 spiro atoms. The number of carbonyl (C=O) groups excluding carboxylic acids is 3. The summed E-state index contributed by atoms with van der Waals surface area (Å²) in [7, 11) is -3.60. The van der Waals surface area contributed by atoms with E-state index in [0.717, 1.165) is 0 Å². The fourth-order valence-corrected chi connectivity index (χ4v) is 4.23. The van der Waals surface area contributed by atoms with Crippen LogP contribution in [0.25, 0.3) is 0 Å². The summed E-state index contributed by atoms with van der Waals surface area (Å²) in [4.78, 5) is 36.8. The highest BCUT2D eigenvalue weighted by Gasteiger charge is 2.19. The molecule has 34 heavy (non-hydrogen) atoms. The van der Waals surface area contributed by atoms with Gasteiger partial charge in [0.1, 0.15) is 5.75 Å². The smallest absolute Gasteiger partial charge is 0.279 e. The van der Waals surface area contributed by atoms with Crippen molar-refractivity contribution in [2.24, 2.45) is 0 Å². The molecule has 176 valence electrons. The third-order valence-corrected chi connectivity index (χ3v) is 6.59. The first kappa shape index (κ1) is 24.7. The number of carbonyl (C=O) groups is 3. The Hall–Kier alpha value is -3.98. The predicted octanol–water partition coefficient (Wildman–Crippen LogP) is 2.70. The highest BCUT2D eigenvalue weighted by Crippen LogP contribution is 2.17. The Bertz CT molecular complexity index is 1240. The van der Waals surface area contributed by atoms with Crippen molar-refractivity contribution in [1.29, 1.82) is 0 Å². The zero-order valence-electron chi connectivity index (χ0n) is 18.4. The van der Waals surface area contributed by atoms with E-state index in [1.54, 1.807) is 66.7 Å². The van der Waals surface area contributed by atoms with Crippen LogP contribution >= 0.6 is 0 Å². The van der Waals surface area contributed by atoms with Crippen LogP contribution in [0.2, 0.25) is 0 Å². The molecule has 3 aromatic rings. The first-order valence-corrected chi connectivity index (χ1v) is 12.1. The van der Waals surface area contributed by atoms with Crippen LogP contribution in [0, 0.1) is 0 Å². The summed E-state index contributed by atoms with van der Waals surface area (Å²) in [5.74, 6) is -1.42. The lowest BCUT2D eigenvalue weighted by Crippen LogP contribution is -2.47. The first-order chi connectivity index (χ1) is 16.3. The van der Waals surface area contributed by atoms with Crippen LogP contribution in [0.15, 0.2) is 89.8 Å². The molecule has 0 saturated carbocycles. The quantitative estimate of drug-likeness (QED) is 0.359. The van der Waals surface area contributed by atoms with Gasteiger partial charge in [0, 0.05) is 17.5 Å². The van der Waals surface area contributed by atoms with Gasteiger partial charge in [-0.1, -0.05) is 48.5 Å². The molecule has 0 saturated heterocycles. The number of benzene rings is 3. The zero-order chi connectivity index (χ0) is 24.6. The van der Waals surface area contributed by atoms with Gasteiger partial charge in [-0.15, -0.1) is 0 Å². The predicted molar refractivity (Wildman–Crippen MR) is 126 cm³/mol. The Balaban J connectivity index is 1.45. The van der Waals surface area contributed by atoms with Gasteiger partial charge in [-0.2, -0.15) is 0 Å². The molecule has 1 atom stereocenters. The molecule has 0 bridgehead atoms. The van der Waals surface area contributed by atoms with Crippen molar-refractivity contribution >= 4 is 27.4 Å². The molecular formula is C25H24N2O6S. The molecular weight excluding hydrogens is 456 g/mol. The molecule has 0 aliphatic heterocycles. The van der Waals surface area contributed by atoms with Crippen molar-refractivity contribution in [3.63, 3.8) is 0 Å². The number of ether oxygens (including phenoxy) is 1. The van der Waals surface area contributed by atoms with Gasteiger partial charge >= 0.3 is 0 Å². The highest BCUT2D eigenvalue weighted by molar-refractivity contribution is 7.91. The lowest BCUT2D eigenvalue weighted by atomic mass is 10.0. The molecule has 9 heteroatoms. The second-order valence-electron chi connectivity index (χ2n) is 7.40. The van der Waals surface area contributed by atoms with Crippen LogP contribution < -0.4 is 15.6 Å². The Labute approximate surface area is 197 Å². The second-order valence-corrected chi connectivity index (χ2v) is 9.51. The van der Waals surface area contributed by atoms with Gasteiger partial charge in [0.25, 0.3) is 5.91 Å². The molecule has 0 aromatic heterocycles. The van der Waals surface area contributed by atoms with Crippen molar-refractivity contribution in [3.8, 4) is 5.75 Å². The standard InChI is InChI=1S/C25H24N2O6S/c1-18(33-21-14-12-20(13-15-21)24(29)19-8-4-2-5-9-19)25(30)27-26-23(28)16-17-34(31,32)22-10-6-3-7-11-22/h2-15,18H,16-17H2,1H3,(H,26,28)(H,27,30)/t18-/m1/s1. The molecule has 3 rings (SSSR count). The summed E-state index contributed by atoms with van der Waals surface area (Å²) in [6.45, 7) is 1.49. The third kappa shape index (κ3) is 6.76. The molecule has 0 heterocycles. The lowest BCUT2D eigenvalue weighted by Gasteiger charge is -2.15. The van der Waals surface area contributed by atoms with Crippen LogP contribution in [-0.2, 0) is 19.4 Å². The van der Waals surface area contributed by atoms with Crippen LogP contribution in [0.3, 0.4) is 0 Å². The Morgan fingerprint density at radius 1 is 0.794 bits per heavy atom. The maximum Gasteiger partial charge on any atom is 0.279 e. The maximum absolute atomic E-state index is 12.5. The summed E-state index contributed by atoms with van der Waals surface area (Å²) >= 11 is 0. The second kappa shape index (κ2) is 11.2. The van der Waals surface area contributed by atoms with Crippen molar-refractivity contribution < 1.29 is 27.5 Å². The van der Waals surface area contributed by atoms with Crippen molar-refractivity contribution in [2.45, 2.75) is 24.3 Å². The Morgan fingerprint density at radius 3 is 1.97 bits per heavy atom. The van der Waals surface area contributed by atoms with Crippen LogP contribution in [0.5, 0.6) is 5.75 Å². The monoisotopic (exact) mass is 480 g/mol. The van der Waals surface area contributed by atoms with Crippen molar-refractivity contribution in [3.05, 3.63) is 96.1 Å². The van der Waals surface area contributed by atoms with E-state index < -0.39 is 33.5 Å². The van der Waals surface area contributed by atoms with E-state index >= 15 is 0 Å². The zero-order valence-corrected chi connectivity index (χ0v) is 19.2. The first-order valence-electron chi connectivity index (χ1n) is 10.5. The third-order valence-electron chi connectivity index (χ3n) is 4.86. The number of ketones is 1. The topological polar surface area (TPSA) is 119 Å². The summed E-state index contributed by atoms with van der Waals surface area (Å²) in [5, 5.41) is 0. The molecule has 3 aromatic carbocycles. The van der Waals surface area contributed by atoms with Gasteiger partial charge in [0.15, 0.2) is 21.7 Å². The Morgan fingerprint density at radius 2 is 1.35 bits per heavy atom.